The van der Waals surface area contributed by atoms with Crippen molar-refractivity contribution in [3.63, 3.8) is 0 Å². The fourth-order valence-electron chi connectivity index (χ4n) is 1.63. The number of hydrogen-bond donors (Lipinski definition) is 0. The minimum atomic E-state index is 0.116. The second kappa shape index (κ2) is 8.30. The first-order chi connectivity index (χ1) is 10.2. The van der Waals surface area contributed by atoms with E-state index in [1.165, 1.54) is 0 Å². The maximum atomic E-state index is 12.2. The normalized spacial score (nSPS) is 12.4. The third-order valence-electron chi connectivity index (χ3n) is 2.72. The van der Waals surface area contributed by atoms with Gasteiger partial charge in [-0.2, -0.15) is 0 Å². The van der Waals surface area contributed by atoms with Gasteiger partial charge in [0.2, 0.25) is 0 Å². The van der Waals surface area contributed by atoms with E-state index in [0.29, 0.717) is 0 Å². The topological polar surface area (TPSA) is 30.2 Å². The zero-order chi connectivity index (χ0) is 15.1. The molecule has 101 valence electrons. The molecule has 0 saturated carbocycles. The molecule has 0 fully saturated rings. The average molecular weight is 529 g/mol. The van der Waals surface area contributed by atoms with Gasteiger partial charge in [0.05, 0.1) is 0 Å². The Morgan fingerprint density at radius 3 is 2.52 bits per heavy atom. The Hall–Kier alpha value is -1.19. The minimum absolute atomic E-state index is 0.116. The van der Waals surface area contributed by atoms with E-state index in [0.717, 1.165) is 18.9 Å². The third kappa shape index (κ3) is 5.25. The van der Waals surface area contributed by atoms with Gasteiger partial charge in [0.1, 0.15) is 0 Å². The first-order valence-electron chi connectivity index (χ1n) is 6.37. The van der Waals surface area contributed by atoms with Crippen molar-refractivity contribution >= 4 is 27.8 Å². The quantitative estimate of drug-likeness (QED) is 0.239. The summed E-state index contributed by atoms with van der Waals surface area (Å²) < 4.78 is 7.05. The van der Waals surface area contributed by atoms with Crippen molar-refractivity contribution in [3.8, 4) is 0 Å². The molecule has 2 nitrogen and oxygen atoms in total. The van der Waals surface area contributed by atoms with Crippen molar-refractivity contribution in [1.82, 2.24) is 0 Å². The molecule has 0 radical (unpaired) electrons. The molecule has 1 aromatic carbocycles. The molecular weight excluding hydrogens is 517 g/mol. The van der Waals surface area contributed by atoms with Gasteiger partial charge in [0.15, 0.2) is 0 Å². The molecule has 0 aliphatic rings. The number of rotatable bonds is 5. The Labute approximate surface area is 148 Å². The van der Waals surface area contributed by atoms with Gasteiger partial charge in [0.25, 0.3) is 0 Å². The van der Waals surface area contributed by atoms with E-state index >= 15 is 0 Å². The molecule has 0 unspecified atom stereocenters. The molecule has 0 spiro atoms. The molecule has 0 aliphatic carbocycles. The SMILES string of the molecule is O=C(/[C]([Hg])=C/C=C/C=C/c1ccco1)c1ccc(Br)cc1. The molecule has 0 atom stereocenters. The van der Waals surface area contributed by atoms with Crippen LogP contribution in [0.2, 0.25) is 0 Å². The molecule has 4 heteroatoms. The number of halogens is 1. The molecule has 0 amide bonds. The number of carbonyl (C=O) groups is 1. The summed E-state index contributed by atoms with van der Waals surface area (Å²) >= 11 is 3.64. The van der Waals surface area contributed by atoms with Crippen LogP contribution >= 0.6 is 15.9 Å². The van der Waals surface area contributed by atoms with Crippen molar-refractivity contribution < 1.29 is 35.3 Å². The fourth-order valence-corrected chi connectivity index (χ4v) is 3.22. The van der Waals surface area contributed by atoms with Crippen LogP contribution in [-0.2, 0) is 26.1 Å². The molecule has 0 N–H and O–H groups in total. The Kier molecular flexibility index (Phi) is 6.39. The Morgan fingerprint density at radius 1 is 1.10 bits per heavy atom. The predicted octanol–water partition coefficient (Wildman–Crippen LogP) is 4.93. The molecule has 21 heavy (non-hydrogen) atoms. The summed E-state index contributed by atoms with van der Waals surface area (Å²) in [6, 6.07) is 11.2. The van der Waals surface area contributed by atoms with E-state index in [4.69, 9.17) is 4.42 Å². The van der Waals surface area contributed by atoms with Crippen molar-refractivity contribution in [1.29, 1.82) is 0 Å². The van der Waals surface area contributed by atoms with Crippen LogP contribution < -0.4 is 0 Å². The van der Waals surface area contributed by atoms with Gasteiger partial charge in [-0.1, -0.05) is 0 Å². The molecule has 2 aromatic rings. The van der Waals surface area contributed by atoms with Crippen LogP contribution in [0, 0.1) is 0 Å². The van der Waals surface area contributed by atoms with Crippen LogP contribution in [0.4, 0.5) is 0 Å². The van der Waals surface area contributed by atoms with Crippen LogP contribution in [0.1, 0.15) is 16.1 Å². The van der Waals surface area contributed by atoms with Gasteiger partial charge in [-0.3, -0.25) is 0 Å². The first-order valence-corrected chi connectivity index (χ1v) is 9.92. The summed E-state index contributed by atoms with van der Waals surface area (Å²) in [4.78, 5) is 12.2. The van der Waals surface area contributed by atoms with E-state index in [2.05, 4.69) is 15.9 Å². The second-order valence-electron chi connectivity index (χ2n) is 4.29. The van der Waals surface area contributed by atoms with E-state index < -0.39 is 0 Å². The number of furan rings is 1. The third-order valence-corrected chi connectivity index (χ3v) is 5.41. The number of Topliss-reactive ketones (excluding diaryl/α,β-unsaturated/α-hetero) is 1. The standard InChI is InChI=1S/C17H12BrO2.Hg/c18-15-11-9-14(10-12-15)17(19)8-4-2-1-3-6-16-7-5-13-20-16;/h1-7,9-13H;/b2-1+,6-3+,8-4?;. The zero-order valence-electron chi connectivity index (χ0n) is 11.3. The number of carbonyl (C=O) groups excluding carboxylic acids is 1. The summed E-state index contributed by atoms with van der Waals surface area (Å²) in [6.45, 7) is 0. The van der Waals surface area contributed by atoms with Crippen molar-refractivity contribution in [3.05, 3.63) is 85.8 Å². The Morgan fingerprint density at radius 2 is 1.86 bits per heavy atom. The van der Waals surface area contributed by atoms with Crippen LogP contribution in [0.5, 0.6) is 0 Å². The van der Waals surface area contributed by atoms with Crippen LogP contribution in [0.15, 0.2) is 78.9 Å². The van der Waals surface area contributed by atoms with Gasteiger partial charge in [0, 0.05) is 0 Å². The molecule has 0 aliphatic heterocycles. The molecule has 1 heterocycles. The van der Waals surface area contributed by atoms with E-state index in [9.17, 15) is 4.79 Å². The summed E-state index contributed by atoms with van der Waals surface area (Å²) in [7, 11) is 0. The Balaban J connectivity index is 1.97. The number of benzene rings is 1. The molecule has 0 saturated heterocycles. The zero-order valence-corrected chi connectivity index (χ0v) is 18.4. The summed E-state index contributed by atoms with van der Waals surface area (Å²) in [5, 5.41) is 0. The van der Waals surface area contributed by atoms with Crippen molar-refractivity contribution in [2.75, 3.05) is 0 Å². The molecule has 1 aromatic heterocycles. The average Bonchev–Trinajstić information content (AvgIpc) is 3.00. The van der Waals surface area contributed by atoms with E-state index in [1.807, 2.05) is 66.8 Å². The van der Waals surface area contributed by atoms with Gasteiger partial charge in [-0.15, -0.1) is 0 Å². The summed E-state index contributed by atoms with van der Waals surface area (Å²) in [5.41, 5.74) is 0.735. The summed E-state index contributed by atoms with van der Waals surface area (Å²) in [6.07, 6.45) is 11.1. The number of hydrogen-bond acceptors (Lipinski definition) is 2. The van der Waals surface area contributed by atoms with Gasteiger partial charge in [-0.05, 0) is 0 Å². The predicted molar refractivity (Wildman–Crippen MR) is 83.4 cm³/mol. The van der Waals surface area contributed by atoms with Gasteiger partial charge >= 0.3 is 149 Å². The van der Waals surface area contributed by atoms with Crippen molar-refractivity contribution in [2.24, 2.45) is 0 Å². The van der Waals surface area contributed by atoms with E-state index in [-0.39, 0.29) is 31.9 Å². The van der Waals surface area contributed by atoms with Crippen LogP contribution in [0.25, 0.3) is 6.08 Å². The van der Waals surface area contributed by atoms with Gasteiger partial charge in [-0.25, -0.2) is 0 Å². The van der Waals surface area contributed by atoms with Crippen LogP contribution in [0.3, 0.4) is 0 Å². The molecular formula is C17H12BrHgO2. The van der Waals surface area contributed by atoms with Gasteiger partial charge < -0.3 is 0 Å². The molecule has 0 bridgehead atoms. The summed E-state index contributed by atoms with van der Waals surface area (Å²) in [5.74, 6) is 0.926. The second-order valence-corrected chi connectivity index (χ2v) is 8.16. The van der Waals surface area contributed by atoms with Crippen LogP contribution in [-0.4, -0.2) is 5.78 Å². The number of allylic oxidation sites excluding steroid dienone is 5. The number of ketones is 1. The van der Waals surface area contributed by atoms with Crippen molar-refractivity contribution in [2.45, 2.75) is 0 Å². The first kappa shape index (κ1) is 16.2. The van der Waals surface area contributed by atoms with E-state index in [1.54, 1.807) is 6.26 Å². The maximum absolute atomic E-state index is 12.2. The fraction of sp³-hybridized carbons (Fsp3) is 0. The Bertz CT molecular complexity index is 680. The molecule has 2 rings (SSSR count). The monoisotopic (exact) mass is 529 g/mol.